The van der Waals surface area contributed by atoms with Gasteiger partial charge in [-0.1, -0.05) is 18.2 Å². The molecule has 6 nitrogen and oxygen atoms in total. The number of para-hydroxylation sites is 1. The topological polar surface area (TPSA) is 82.6 Å². The summed E-state index contributed by atoms with van der Waals surface area (Å²) in [5.41, 5.74) is 0.656. The molecule has 0 bridgehead atoms. The maximum Gasteiger partial charge on any atom is 0.319 e. The van der Waals surface area contributed by atoms with Gasteiger partial charge in [0.15, 0.2) is 0 Å². The normalized spacial score (nSPS) is 20.0. The number of carbonyl (C=O) groups is 1. The molecule has 4 N–H and O–H groups in total. The standard InChI is InChI=1S/C17H19N3O3/c21-16-11-18-10-15(16)20-17(22)19-12-6-8-14(9-7-12)23-13-4-2-1-3-5-13/h1-9,15-16,18,21H,10-11H2,(H2,19,20,22)/t15-,16-/m1/s1. The molecule has 0 saturated carbocycles. The lowest BCUT2D eigenvalue weighted by Crippen LogP contribution is -2.44. The molecule has 1 saturated heterocycles. The molecular weight excluding hydrogens is 294 g/mol. The molecule has 1 aliphatic heterocycles. The molecular formula is C17H19N3O3. The fourth-order valence-corrected chi connectivity index (χ4v) is 2.38. The van der Waals surface area contributed by atoms with E-state index in [0.717, 1.165) is 5.75 Å². The molecule has 1 fully saturated rings. The summed E-state index contributed by atoms with van der Waals surface area (Å²) in [5, 5.41) is 18.1. The zero-order chi connectivity index (χ0) is 16.1. The lowest BCUT2D eigenvalue weighted by Gasteiger charge is -2.16. The van der Waals surface area contributed by atoms with Gasteiger partial charge in [0.05, 0.1) is 12.1 Å². The van der Waals surface area contributed by atoms with Gasteiger partial charge in [-0.2, -0.15) is 0 Å². The largest absolute Gasteiger partial charge is 0.457 e. The number of nitrogens with one attached hydrogen (secondary N) is 3. The third-order valence-electron chi connectivity index (χ3n) is 3.59. The van der Waals surface area contributed by atoms with Crippen LogP contribution in [-0.2, 0) is 0 Å². The van der Waals surface area contributed by atoms with Crippen molar-refractivity contribution in [3.05, 3.63) is 54.6 Å². The Bertz CT molecular complexity index is 646. The molecule has 120 valence electrons. The van der Waals surface area contributed by atoms with E-state index in [-0.39, 0.29) is 12.1 Å². The van der Waals surface area contributed by atoms with Gasteiger partial charge in [-0.25, -0.2) is 4.79 Å². The highest BCUT2D eigenvalue weighted by molar-refractivity contribution is 5.89. The van der Waals surface area contributed by atoms with Gasteiger partial charge >= 0.3 is 6.03 Å². The number of ether oxygens (including phenoxy) is 1. The Morgan fingerprint density at radius 1 is 1.04 bits per heavy atom. The number of aliphatic hydroxyl groups is 1. The molecule has 0 aliphatic carbocycles. The maximum atomic E-state index is 11.9. The molecule has 2 aromatic rings. The van der Waals surface area contributed by atoms with Crippen molar-refractivity contribution < 1.29 is 14.6 Å². The van der Waals surface area contributed by atoms with Crippen LogP contribution in [0.25, 0.3) is 0 Å². The van der Waals surface area contributed by atoms with Crippen molar-refractivity contribution in [3.63, 3.8) is 0 Å². The Labute approximate surface area is 134 Å². The third-order valence-corrected chi connectivity index (χ3v) is 3.59. The van der Waals surface area contributed by atoms with E-state index in [1.807, 2.05) is 30.3 Å². The number of aliphatic hydroxyl groups excluding tert-OH is 1. The minimum Gasteiger partial charge on any atom is -0.457 e. The Hall–Kier alpha value is -2.57. The highest BCUT2D eigenvalue weighted by Crippen LogP contribution is 2.22. The number of anilines is 1. The molecule has 0 aromatic heterocycles. The first-order chi connectivity index (χ1) is 11.2. The Balaban J connectivity index is 1.54. The van der Waals surface area contributed by atoms with Crippen LogP contribution in [0.5, 0.6) is 11.5 Å². The summed E-state index contributed by atoms with van der Waals surface area (Å²) in [4.78, 5) is 11.9. The Morgan fingerprint density at radius 3 is 2.39 bits per heavy atom. The van der Waals surface area contributed by atoms with Crippen LogP contribution < -0.4 is 20.7 Å². The second-order valence-corrected chi connectivity index (χ2v) is 5.37. The summed E-state index contributed by atoms with van der Waals surface area (Å²) in [6.45, 7) is 1.06. The fraction of sp³-hybridized carbons (Fsp3) is 0.235. The minimum atomic E-state index is -0.553. The van der Waals surface area contributed by atoms with E-state index in [1.54, 1.807) is 24.3 Å². The molecule has 3 rings (SSSR count). The van der Waals surface area contributed by atoms with Crippen LogP contribution in [0.4, 0.5) is 10.5 Å². The van der Waals surface area contributed by atoms with Gasteiger partial charge in [0.2, 0.25) is 0 Å². The number of β-amino-alcohol motifs (C(OH)–C–C–N with tert-alkyl or cyclic N) is 1. The lowest BCUT2D eigenvalue weighted by molar-refractivity contribution is 0.164. The molecule has 23 heavy (non-hydrogen) atoms. The van der Waals surface area contributed by atoms with Gasteiger partial charge in [-0.05, 0) is 36.4 Å². The summed E-state index contributed by atoms with van der Waals surface area (Å²) in [6.07, 6.45) is -0.553. The summed E-state index contributed by atoms with van der Waals surface area (Å²) in [5.74, 6) is 1.45. The first-order valence-electron chi connectivity index (χ1n) is 7.50. The monoisotopic (exact) mass is 313 g/mol. The zero-order valence-electron chi connectivity index (χ0n) is 12.5. The van der Waals surface area contributed by atoms with Gasteiger partial charge in [-0.15, -0.1) is 0 Å². The SMILES string of the molecule is O=C(Nc1ccc(Oc2ccccc2)cc1)N[C@@H]1CNC[C@H]1O. The summed E-state index contributed by atoms with van der Waals surface area (Å²) < 4.78 is 5.69. The van der Waals surface area contributed by atoms with Crippen LogP contribution in [0.15, 0.2) is 54.6 Å². The van der Waals surface area contributed by atoms with Gasteiger partial charge < -0.3 is 25.8 Å². The molecule has 6 heteroatoms. The van der Waals surface area contributed by atoms with E-state index in [2.05, 4.69) is 16.0 Å². The number of amides is 2. The smallest absolute Gasteiger partial charge is 0.319 e. The molecule has 1 aliphatic rings. The van der Waals surface area contributed by atoms with E-state index in [1.165, 1.54) is 0 Å². The van der Waals surface area contributed by atoms with Crippen molar-refractivity contribution in [1.82, 2.24) is 10.6 Å². The molecule has 0 radical (unpaired) electrons. The quantitative estimate of drug-likeness (QED) is 0.695. The van der Waals surface area contributed by atoms with Crippen LogP contribution in [0.3, 0.4) is 0 Å². The number of rotatable bonds is 4. The predicted molar refractivity (Wildman–Crippen MR) is 87.8 cm³/mol. The first-order valence-corrected chi connectivity index (χ1v) is 7.50. The van der Waals surface area contributed by atoms with E-state index in [0.29, 0.717) is 24.5 Å². The predicted octanol–water partition coefficient (Wildman–Crippen LogP) is 1.93. The van der Waals surface area contributed by atoms with Crippen molar-refractivity contribution in [2.45, 2.75) is 12.1 Å². The Kier molecular flexibility index (Phi) is 4.75. The van der Waals surface area contributed by atoms with Crippen LogP contribution in [0.2, 0.25) is 0 Å². The van der Waals surface area contributed by atoms with Crippen LogP contribution >= 0.6 is 0 Å². The average Bonchev–Trinajstić information content (AvgIpc) is 2.95. The highest BCUT2D eigenvalue weighted by atomic mass is 16.5. The van der Waals surface area contributed by atoms with Crippen LogP contribution in [0.1, 0.15) is 0 Å². The second-order valence-electron chi connectivity index (χ2n) is 5.37. The zero-order valence-corrected chi connectivity index (χ0v) is 12.5. The fourth-order valence-electron chi connectivity index (χ4n) is 2.38. The number of benzene rings is 2. The van der Waals surface area contributed by atoms with Crippen molar-refractivity contribution in [1.29, 1.82) is 0 Å². The van der Waals surface area contributed by atoms with Gasteiger partial charge in [-0.3, -0.25) is 0 Å². The number of hydrogen-bond acceptors (Lipinski definition) is 4. The van der Waals surface area contributed by atoms with E-state index < -0.39 is 6.10 Å². The van der Waals surface area contributed by atoms with Crippen molar-refractivity contribution in [2.75, 3.05) is 18.4 Å². The summed E-state index contributed by atoms with van der Waals surface area (Å²) in [6, 6.07) is 16.0. The molecule has 2 aromatic carbocycles. The van der Waals surface area contributed by atoms with Crippen molar-refractivity contribution in [2.24, 2.45) is 0 Å². The third kappa shape index (κ3) is 4.21. The van der Waals surface area contributed by atoms with Crippen molar-refractivity contribution >= 4 is 11.7 Å². The van der Waals surface area contributed by atoms with Crippen LogP contribution in [-0.4, -0.2) is 36.4 Å². The first kappa shape index (κ1) is 15.3. The maximum absolute atomic E-state index is 11.9. The minimum absolute atomic E-state index is 0.268. The number of hydrogen-bond donors (Lipinski definition) is 4. The molecule has 2 amide bonds. The molecule has 2 atom stereocenters. The van der Waals surface area contributed by atoms with Gasteiger partial charge in [0.25, 0.3) is 0 Å². The van der Waals surface area contributed by atoms with Gasteiger partial charge in [0.1, 0.15) is 11.5 Å². The Morgan fingerprint density at radius 2 is 1.74 bits per heavy atom. The average molecular weight is 313 g/mol. The van der Waals surface area contributed by atoms with E-state index >= 15 is 0 Å². The van der Waals surface area contributed by atoms with Gasteiger partial charge in [0, 0.05) is 18.8 Å². The highest BCUT2D eigenvalue weighted by Gasteiger charge is 2.26. The van der Waals surface area contributed by atoms with E-state index in [9.17, 15) is 9.90 Å². The van der Waals surface area contributed by atoms with Crippen molar-refractivity contribution in [3.8, 4) is 11.5 Å². The van der Waals surface area contributed by atoms with Crippen LogP contribution in [0, 0.1) is 0 Å². The molecule has 0 spiro atoms. The second kappa shape index (κ2) is 7.13. The number of urea groups is 1. The number of carbonyl (C=O) groups excluding carboxylic acids is 1. The summed E-state index contributed by atoms with van der Waals surface area (Å²) >= 11 is 0. The van der Waals surface area contributed by atoms with E-state index in [4.69, 9.17) is 4.74 Å². The summed E-state index contributed by atoms with van der Waals surface area (Å²) in [7, 11) is 0. The lowest BCUT2D eigenvalue weighted by atomic mass is 10.2. The molecule has 1 heterocycles. The molecule has 0 unspecified atom stereocenters.